The molecule has 6 heteroatoms. The van der Waals surface area contributed by atoms with Crippen molar-refractivity contribution in [3.8, 4) is 0 Å². The molecule has 2 heterocycles. The number of alkyl halides is 3. The van der Waals surface area contributed by atoms with Crippen LogP contribution in [0.3, 0.4) is 0 Å². The Morgan fingerprint density at radius 1 is 1.15 bits per heavy atom. The second-order valence-corrected chi connectivity index (χ2v) is 6.37. The zero-order chi connectivity index (χ0) is 15.1. The van der Waals surface area contributed by atoms with Crippen LogP contribution in [0, 0.1) is 0 Å². The SMILES string of the molecule is CC(C)c1nc2c(C(C)C)cccn2c1SC(F)(F)F. The zero-order valence-corrected chi connectivity index (χ0v) is 12.6. The van der Waals surface area contributed by atoms with Gasteiger partial charge in [0.15, 0.2) is 0 Å². The van der Waals surface area contributed by atoms with Gasteiger partial charge in [-0.25, -0.2) is 4.98 Å². The second kappa shape index (κ2) is 5.31. The fourth-order valence-corrected chi connectivity index (χ4v) is 2.97. The van der Waals surface area contributed by atoms with Gasteiger partial charge < -0.3 is 0 Å². The van der Waals surface area contributed by atoms with Crippen molar-refractivity contribution in [1.82, 2.24) is 9.38 Å². The summed E-state index contributed by atoms with van der Waals surface area (Å²) < 4.78 is 39.9. The standard InChI is InChI=1S/C14H17F3N2S/c1-8(2)10-6-5-7-19-12(10)18-11(9(3)4)13(19)20-14(15,16)17/h5-9H,1-4H3. The van der Waals surface area contributed by atoms with Crippen LogP contribution in [0.4, 0.5) is 13.2 Å². The number of hydrogen-bond acceptors (Lipinski definition) is 2. The number of nitrogens with zero attached hydrogens (tertiary/aromatic N) is 2. The smallest absolute Gasteiger partial charge is 0.294 e. The summed E-state index contributed by atoms with van der Waals surface area (Å²) in [5.74, 6) is 0.157. The molecular formula is C14H17F3N2S. The summed E-state index contributed by atoms with van der Waals surface area (Å²) in [6, 6.07) is 3.69. The van der Waals surface area contributed by atoms with Crippen LogP contribution in [0.1, 0.15) is 50.8 Å². The van der Waals surface area contributed by atoms with Crippen LogP contribution in [-0.4, -0.2) is 14.9 Å². The lowest BCUT2D eigenvalue weighted by Gasteiger charge is -2.10. The summed E-state index contributed by atoms with van der Waals surface area (Å²) in [5, 5.41) is 0.171. The number of aromatic nitrogens is 2. The van der Waals surface area contributed by atoms with Crippen molar-refractivity contribution >= 4 is 17.4 Å². The molecule has 0 bridgehead atoms. The second-order valence-electron chi connectivity index (χ2n) is 5.32. The molecule has 0 aliphatic carbocycles. The van der Waals surface area contributed by atoms with E-state index in [0.717, 1.165) is 5.56 Å². The number of thioether (sulfide) groups is 1. The maximum Gasteiger partial charge on any atom is 0.447 e. The van der Waals surface area contributed by atoms with E-state index in [1.165, 1.54) is 0 Å². The Labute approximate surface area is 120 Å². The number of halogens is 3. The minimum atomic E-state index is -4.31. The Balaban J connectivity index is 2.70. The van der Waals surface area contributed by atoms with Gasteiger partial charge in [-0.05, 0) is 23.5 Å². The van der Waals surface area contributed by atoms with E-state index in [0.29, 0.717) is 11.3 Å². The summed E-state index contributed by atoms with van der Waals surface area (Å²) in [7, 11) is 0. The van der Waals surface area contributed by atoms with E-state index in [9.17, 15) is 13.2 Å². The quantitative estimate of drug-likeness (QED) is 0.726. The fraction of sp³-hybridized carbons (Fsp3) is 0.500. The Hall–Kier alpha value is -1.17. The maximum absolute atomic E-state index is 12.8. The van der Waals surface area contributed by atoms with Crippen molar-refractivity contribution in [3.05, 3.63) is 29.6 Å². The number of imidazole rings is 1. The predicted molar refractivity (Wildman–Crippen MR) is 75.3 cm³/mol. The molecule has 0 spiro atoms. The maximum atomic E-state index is 12.8. The average molecular weight is 302 g/mol. The largest absolute Gasteiger partial charge is 0.447 e. The minimum Gasteiger partial charge on any atom is -0.294 e. The van der Waals surface area contributed by atoms with Crippen LogP contribution in [0.25, 0.3) is 5.65 Å². The molecule has 0 radical (unpaired) electrons. The first-order chi connectivity index (χ1) is 9.20. The third-order valence-electron chi connectivity index (χ3n) is 3.04. The van der Waals surface area contributed by atoms with Crippen LogP contribution >= 0.6 is 11.8 Å². The summed E-state index contributed by atoms with van der Waals surface area (Å²) in [5.41, 5.74) is -2.23. The topological polar surface area (TPSA) is 17.3 Å². The molecule has 0 aliphatic heterocycles. The number of hydrogen-bond donors (Lipinski definition) is 0. The highest BCUT2D eigenvalue weighted by Gasteiger charge is 2.33. The molecule has 20 heavy (non-hydrogen) atoms. The highest BCUT2D eigenvalue weighted by Crippen LogP contribution is 2.41. The molecular weight excluding hydrogens is 285 g/mol. The van der Waals surface area contributed by atoms with E-state index < -0.39 is 5.51 Å². The molecule has 0 fully saturated rings. The first kappa shape index (κ1) is 15.2. The van der Waals surface area contributed by atoms with Gasteiger partial charge in [0.2, 0.25) is 0 Å². The van der Waals surface area contributed by atoms with Gasteiger partial charge in [-0.3, -0.25) is 4.40 Å². The molecule has 0 saturated carbocycles. The van der Waals surface area contributed by atoms with Crippen molar-refractivity contribution in [1.29, 1.82) is 0 Å². The predicted octanol–water partition coefficient (Wildman–Crippen LogP) is 5.19. The third kappa shape index (κ3) is 2.95. The first-order valence-electron chi connectivity index (χ1n) is 6.47. The Bertz CT molecular complexity index is 615. The van der Waals surface area contributed by atoms with Gasteiger partial charge in [-0.15, -0.1) is 0 Å². The van der Waals surface area contributed by atoms with Crippen molar-refractivity contribution in [2.45, 2.75) is 50.1 Å². The zero-order valence-electron chi connectivity index (χ0n) is 11.8. The molecule has 2 aromatic rings. The lowest BCUT2D eigenvalue weighted by molar-refractivity contribution is -0.0330. The monoisotopic (exact) mass is 302 g/mol. The van der Waals surface area contributed by atoms with Gasteiger partial charge in [-0.1, -0.05) is 33.8 Å². The third-order valence-corrected chi connectivity index (χ3v) is 3.87. The summed E-state index contributed by atoms with van der Waals surface area (Å²) in [6.45, 7) is 7.74. The van der Waals surface area contributed by atoms with Gasteiger partial charge >= 0.3 is 5.51 Å². The number of pyridine rings is 1. The fourth-order valence-electron chi connectivity index (χ4n) is 2.12. The molecule has 0 aromatic carbocycles. The van der Waals surface area contributed by atoms with E-state index in [1.807, 2.05) is 33.8 Å². The van der Waals surface area contributed by atoms with Crippen molar-refractivity contribution < 1.29 is 13.2 Å². The van der Waals surface area contributed by atoms with Crippen molar-refractivity contribution in [2.24, 2.45) is 0 Å². The molecule has 0 atom stereocenters. The normalized spacial score (nSPS) is 12.8. The lowest BCUT2D eigenvalue weighted by atomic mass is 10.1. The summed E-state index contributed by atoms with van der Waals surface area (Å²) >= 11 is -0.0873. The van der Waals surface area contributed by atoms with Gasteiger partial charge in [0.1, 0.15) is 10.7 Å². The van der Waals surface area contributed by atoms with Crippen molar-refractivity contribution in [3.63, 3.8) is 0 Å². The van der Waals surface area contributed by atoms with Crippen LogP contribution in [-0.2, 0) is 0 Å². The van der Waals surface area contributed by atoms with Gasteiger partial charge in [0.25, 0.3) is 0 Å². The van der Waals surface area contributed by atoms with Crippen LogP contribution in [0.15, 0.2) is 23.4 Å². The molecule has 2 nitrogen and oxygen atoms in total. The molecule has 0 N–H and O–H groups in total. The van der Waals surface area contributed by atoms with Gasteiger partial charge in [-0.2, -0.15) is 13.2 Å². The van der Waals surface area contributed by atoms with Crippen LogP contribution in [0.2, 0.25) is 0 Å². The Kier molecular flexibility index (Phi) is 4.04. The van der Waals surface area contributed by atoms with Gasteiger partial charge in [0, 0.05) is 18.0 Å². The van der Waals surface area contributed by atoms with Gasteiger partial charge in [0.05, 0.1) is 5.69 Å². The van der Waals surface area contributed by atoms with E-state index in [2.05, 4.69) is 4.98 Å². The lowest BCUT2D eigenvalue weighted by Crippen LogP contribution is -2.03. The average Bonchev–Trinajstić information content (AvgIpc) is 2.65. The summed E-state index contributed by atoms with van der Waals surface area (Å²) in [6.07, 6.45) is 1.65. The molecule has 2 aromatic heterocycles. The van der Waals surface area contributed by atoms with E-state index in [4.69, 9.17) is 0 Å². The Morgan fingerprint density at radius 2 is 1.80 bits per heavy atom. The van der Waals surface area contributed by atoms with E-state index in [-0.39, 0.29) is 28.6 Å². The van der Waals surface area contributed by atoms with E-state index in [1.54, 1.807) is 16.7 Å². The highest BCUT2D eigenvalue weighted by atomic mass is 32.2. The Morgan fingerprint density at radius 3 is 2.30 bits per heavy atom. The minimum absolute atomic E-state index is 0.0558. The van der Waals surface area contributed by atoms with E-state index >= 15 is 0 Å². The molecule has 0 unspecified atom stereocenters. The van der Waals surface area contributed by atoms with Crippen molar-refractivity contribution in [2.75, 3.05) is 0 Å². The molecule has 2 rings (SSSR count). The number of rotatable bonds is 3. The number of fused-ring (bicyclic) bond motifs is 1. The summed E-state index contributed by atoms with van der Waals surface area (Å²) in [4.78, 5) is 4.46. The molecule has 0 aliphatic rings. The highest BCUT2D eigenvalue weighted by molar-refractivity contribution is 8.00. The molecule has 0 saturated heterocycles. The van der Waals surface area contributed by atoms with Crippen LogP contribution < -0.4 is 0 Å². The molecule has 110 valence electrons. The van der Waals surface area contributed by atoms with Crippen LogP contribution in [0.5, 0.6) is 0 Å². The first-order valence-corrected chi connectivity index (χ1v) is 7.29. The molecule has 0 amide bonds.